The van der Waals surface area contributed by atoms with Gasteiger partial charge in [-0.3, -0.25) is 4.79 Å². The number of fused-ring (bicyclic) bond motifs is 3. The molecule has 0 unspecified atom stereocenters. The second-order valence-electron chi connectivity index (χ2n) is 9.59. The number of thiazole rings is 1. The van der Waals surface area contributed by atoms with E-state index in [0.29, 0.717) is 11.4 Å². The molecule has 0 radical (unpaired) electrons. The number of halogens is 1. The molecule has 0 amide bonds. The molecular formula is C26H23ClN4OS. The van der Waals surface area contributed by atoms with Gasteiger partial charge in [-0.25, -0.2) is 4.98 Å². The number of anilines is 1. The summed E-state index contributed by atoms with van der Waals surface area (Å²) < 4.78 is 3.02. The van der Waals surface area contributed by atoms with Gasteiger partial charge in [0.15, 0.2) is 0 Å². The van der Waals surface area contributed by atoms with Gasteiger partial charge in [0, 0.05) is 28.6 Å². The van der Waals surface area contributed by atoms with Gasteiger partial charge in [0.1, 0.15) is 11.6 Å². The Morgan fingerprint density at radius 2 is 1.88 bits per heavy atom. The number of allylic oxidation sites excluding steroid dienone is 2. The number of aryl methyl sites for hydroxylation is 1. The number of rotatable bonds is 2. The number of nitrogens with one attached hydrogen (secondary N) is 1. The molecule has 5 nitrogen and oxygen atoms in total. The van der Waals surface area contributed by atoms with Gasteiger partial charge in [0.25, 0.3) is 0 Å². The molecule has 1 N–H and O–H groups in total. The maximum Gasteiger partial charge on any atom is 0.213 e. The zero-order valence-corrected chi connectivity index (χ0v) is 20.2. The van der Waals surface area contributed by atoms with E-state index in [1.54, 1.807) is 11.3 Å². The number of carbonyl (C=O) groups excluding carboxylic acids is 1. The normalized spacial score (nSPS) is 21.3. The minimum atomic E-state index is -0.265. The molecule has 33 heavy (non-hydrogen) atoms. The number of aromatic nitrogens is 3. The lowest BCUT2D eigenvalue weighted by atomic mass is 9.67. The van der Waals surface area contributed by atoms with Crippen molar-refractivity contribution in [1.82, 2.24) is 14.8 Å². The van der Waals surface area contributed by atoms with E-state index in [9.17, 15) is 4.79 Å². The van der Waals surface area contributed by atoms with Crippen molar-refractivity contribution < 1.29 is 4.79 Å². The average Bonchev–Trinajstić information content (AvgIpc) is 3.33. The van der Waals surface area contributed by atoms with Crippen LogP contribution in [0.2, 0.25) is 5.02 Å². The van der Waals surface area contributed by atoms with Crippen molar-refractivity contribution in [2.45, 2.75) is 33.1 Å². The van der Waals surface area contributed by atoms with Gasteiger partial charge in [-0.2, -0.15) is 9.78 Å². The van der Waals surface area contributed by atoms with E-state index in [-0.39, 0.29) is 23.0 Å². The summed E-state index contributed by atoms with van der Waals surface area (Å²) >= 11 is 7.81. The van der Waals surface area contributed by atoms with E-state index in [1.165, 1.54) is 0 Å². The van der Waals surface area contributed by atoms with Crippen LogP contribution in [-0.4, -0.2) is 20.5 Å². The molecule has 0 bridgehead atoms. The van der Waals surface area contributed by atoms with Crippen molar-refractivity contribution in [2.24, 2.45) is 11.3 Å². The summed E-state index contributed by atoms with van der Waals surface area (Å²) in [5.41, 5.74) is 4.72. The number of hydrogen-bond donors (Lipinski definition) is 1. The summed E-state index contributed by atoms with van der Waals surface area (Å²) in [4.78, 5) is 18.3. The number of hydrogen-bond acceptors (Lipinski definition) is 5. The molecule has 0 fully saturated rings. The van der Waals surface area contributed by atoms with Crippen LogP contribution in [0.25, 0.3) is 15.3 Å². The van der Waals surface area contributed by atoms with Crippen LogP contribution < -0.4 is 5.32 Å². The third-order valence-corrected chi connectivity index (χ3v) is 7.83. The first-order valence-electron chi connectivity index (χ1n) is 11.0. The lowest BCUT2D eigenvalue weighted by Gasteiger charge is -2.40. The van der Waals surface area contributed by atoms with Crippen molar-refractivity contribution >= 4 is 44.8 Å². The Kier molecular flexibility index (Phi) is 4.55. The van der Waals surface area contributed by atoms with Crippen molar-refractivity contribution in [1.29, 1.82) is 0 Å². The average molecular weight is 475 g/mol. The van der Waals surface area contributed by atoms with E-state index in [1.807, 2.05) is 54.1 Å². The Hall–Kier alpha value is -2.96. The molecule has 1 aliphatic heterocycles. The molecule has 7 heteroatoms. The second-order valence-corrected chi connectivity index (χ2v) is 11.0. The first kappa shape index (κ1) is 20.6. The van der Waals surface area contributed by atoms with Crippen molar-refractivity contribution in [3.05, 3.63) is 82.1 Å². The van der Waals surface area contributed by atoms with Crippen molar-refractivity contribution in [2.75, 3.05) is 5.32 Å². The SMILES string of the molecule is Cc1nn(-c2nc3ccccc3s2)c2c1[C@H](c1ccc(Cl)cc1)[C@H]1C(=O)CC(C)(C)C=C1N2. The maximum atomic E-state index is 13.5. The van der Waals surface area contributed by atoms with Gasteiger partial charge in [0.2, 0.25) is 5.13 Å². The van der Waals surface area contributed by atoms with Crippen LogP contribution in [0.15, 0.2) is 60.3 Å². The van der Waals surface area contributed by atoms with E-state index in [2.05, 4.69) is 31.3 Å². The van der Waals surface area contributed by atoms with Crippen LogP contribution in [0.4, 0.5) is 5.82 Å². The van der Waals surface area contributed by atoms with Crippen LogP contribution in [0.5, 0.6) is 0 Å². The predicted octanol–water partition coefficient (Wildman–Crippen LogP) is 6.50. The lowest BCUT2D eigenvalue weighted by Crippen LogP contribution is -2.39. The zero-order chi connectivity index (χ0) is 22.9. The van der Waals surface area contributed by atoms with Gasteiger partial charge >= 0.3 is 0 Å². The molecular weight excluding hydrogens is 452 g/mol. The van der Waals surface area contributed by atoms with Crippen LogP contribution >= 0.6 is 22.9 Å². The number of nitrogens with zero attached hydrogens (tertiary/aromatic N) is 3. The van der Waals surface area contributed by atoms with Gasteiger partial charge in [0.05, 0.1) is 21.8 Å². The van der Waals surface area contributed by atoms with E-state index < -0.39 is 0 Å². The molecule has 2 aromatic carbocycles. The summed E-state index contributed by atoms with van der Waals surface area (Å²) in [5.74, 6) is 0.747. The smallest absolute Gasteiger partial charge is 0.213 e. The van der Waals surface area contributed by atoms with Crippen LogP contribution in [0, 0.1) is 18.3 Å². The second kappa shape index (κ2) is 7.27. The highest BCUT2D eigenvalue weighted by Crippen LogP contribution is 2.51. The highest BCUT2D eigenvalue weighted by Gasteiger charge is 2.46. The van der Waals surface area contributed by atoms with Gasteiger partial charge in [-0.1, -0.05) is 67.1 Å². The standard InChI is InChI=1S/C26H23ClN4OS/c1-14-21-22(15-8-10-16(27)11-9-15)23-18(12-26(2,3)13-19(23)32)28-24(21)31(30-14)25-29-17-6-4-5-7-20(17)33-25/h4-12,22-23,28H,13H2,1-3H3/t22-,23+/m0/s1. The predicted molar refractivity (Wildman–Crippen MR) is 133 cm³/mol. The molecule has 0 spiro atoms. The molecule has 2 aliphatic rings. The zero-order valence-electron chi connectivity index (χ0n) is 18.6. The summed E-state index contributed by atoms with van der Waals surface area (Å²) in [7, 11) is 0. The number of Topliss-reactive ketones (excluding diaryl/α,β-unsaturated/α-hetero) is 1. The van der Waals surface area contributed by atoms with E-state index >= 15 is 0 Å². The Balaban J connectivity index is 1.59. The maximum absolute atomic E-state index is 13.5. The highest BCUT2D eigenvalue weighted by molar-refractivity contribution is 7.20. The Morgan fingerprint density at radius 1 is 1.12 bits per heavy atom. The Labute approximate surface area is 201 Å². The molecule has 6 rings (SSSR count). The molecule has 2 atom stereocenters. The van der Waals surface area contributed by atoms with E-state index in [0.717, 1.165) is 43.7 Å². The number of carbonyl (C=O) groups is 1. The number of benzene rings is 2. The highest BCUT2D eigenvalue weighted by atomic mass is 35.5. The lowest BCUT2D eigenvalue weighted by molar-refractivity contribution is -0.124. The minimum Gasteiger partial charge on any atom is -0.343 e. The molecule has 0 saturated carbocycles. The fourth-order valence-electron chi connectivity index (χ4n) is 5.23. The largest absolute Gasteiger partial charge is 0.343 e. The van der Waals surface area contributed by atoms with Crippen LogP contribution in [0.3, 0.4) is 0 Å². The topological polar surface area (TPSA) is 59.8 Å². The summed E-state index contributed by atoms with van der Waals surface area (Å²) in [6.07, 6.45) is 2.74. The van der Waals surface area contributed by atoms with Gasteiger partial charge < -0.3 is 5.32 Å². The molecule has 0 saturated heterocycles. The Morgan fingerprint density at radius 3 is 2.64 bits per heavy atom. The quantitative estimate of drug-likeness (QED) is 0.360. The first-order chi connectivity index (χ1) is 15.8. The van der Waals surface area contributed by atoms with Crippen molar-refractivity contribution in [3.63, 3.8) is 0 Å². The Bertz CT molecular complexity index is 1410. The fraction of sp³-hybridized carbons (Fsp3) is 0.269. The third-order valence-electron chi connectivity index (χ3n) is 6.56. The number of para-hydroxylation sites is 1. The summed E-state index contributed by atoms with van der Waals surface area (Å²) in [5, 5.41) is 10.0. The fourth-order valence-corrected chi connectivity index (χ4v) is 6.28. The van der Waals surface area contributed by atoms with Gasteiger partial charge in [-0.05, 0) is 42.2 Å². The first-order valence-corrected chi connectivity index (χ1v) is 12.2. The van der Waals surface area contributed by atoms with Crippen LogP contribution in [-0.2, 0) is 4.79 Å². The van der Waals surface area contributed by atoms with Gasteiger partial charge in [-0.15, -0.1) is 0 Å². The molecule has 1 aliphatic carbocycles. The minimum absolute atomic E-state index is 0.128. The molecule has 3 heterocycles. The monoisotopic (exact) mass is 474 g/mol. The summed E-state index contributed by atoms with van der Waals surface area (Å²) in [6.45, 7) is 6.23. The molecule has 2 aromatic heterocycles. The summed E-state index contributed by atoms with van der Waals surface area (Å²) in [6, 6.07) is 16.0. The van der Waals surface area contributed by atoms with E-state index in [4.69, 9.17) is 21.7 Å². The molecule has 166 valence electrons. The number of ketones is 1. The van der Waals surface area contributed by atoms with Crippen molar-refractivity contribution in [3.8, 4) is 5.13 Å². The van der Waals surface area contributed by atoms with Crippen LogP contribution in [0.1, 0.15) is 43.0 Å². The molecule has 4 aromatic rings. The third kappa shape index (κ3) is 3.31.